The van der Waals surface area contributed by atoms with Gasteiger partial charge in [-0.05, 0) is 24.6 Å². The van der Waals surface area contributed by atoms with Crippen molar-refractivity contribution in [2.45, 2.75) is 25.8 Å². The molecule has 0 aliphatic heterocycles. The van der Waals surface area contributed by atoms with E-state index in [4.69, 9.17) is 29.6 Å². The maximum atomic E-state index is 13.2. The van der Waals surface area contributed by atoms with E-state index in [1.54, 1.807) is 0 Å². The maximum absolute atomic E-state index is 13.2. The molecular formula is C12H14ClFN2OS. The van der Waals surface area contributed by atoms with Gasteiger partial charge < -0.3 is 11.1 Å². The predicted octanol–water partition coefficient (Wildman–Crippen LogP) is 2.66. The van der Waals surface area contributed by atoms with Crippen LogP contribution in [0.1, 0.15) is 30.1 Å². The van der Waals surface area contributed by atoms with Crippen molar-refractivity contribution in [3.8, 4) is 0 Å². The first-order valence-corrected chi connectivity index (χ1v) is 6.29. The summed E-state index contributed by atoms with van der Waals surface area (Å²) < 4.78 is 13.2. The van der Waals surface area contributed by atoms with E-state index in [2.05, 4.69) is 5.32 Å². The summed E-state index contributed by atoms with van der Waals surface area (Å²) in [7, 11) is 0. The van der Waals surface area contributed by atoms with Crippen molar-refractivity contribution in [1.82, 2.24) is 5.32 Å². The number of carbonyl (C=O) groups is 1. The van der Waals surface area contributed by atoms with Gasteiger partial charge >= 0.3 is 0 Å². The number of nitrogens with one attached hydrogen (secondary N) is 1. The molecule has 0 bridgehead atoms. The van der Waals surface area contributed by atoms with Gasteiger partial charge in [-0.3, -0.25) is 4.79 Å². The first-order chi connectivity index (χ1) is 8.45. The fraction of sp³-hybridized carbons (Fsp3) is 0.333. The fourth-order valence-electron chi connectivity index (χ4n) is 1.45. The van der Waals surface area contributed by atoms with Gasteiger partial charge in [0.25, 0.3) is 5.91 Å². The zero-order valence-corrected chi connectivity index (χ0v) is 11.4. The third-order valence-corrected chi connectivity index (χ3v) is 3.00. The number of hydrogen-bond donors (Lipinski definition) is 2. The smallest absolute Gasteiger partial charge is 0.251 e. The molecule has 0 fully saturated rings. The lowest BCUT2D eigenvalue weighted by Gasteiger charge is -2.16. The van der Waals surface area contributed by atoms with Crippen molar-refractivity contribution >= 4 is 34.7 Å². The molecule has 0 spiro atoms. The normalized spacial score (nSPS) is 11.9. The van der Waals surface area contributed by atoms with Crippen molar-refractivity contribution in [2.24, 2.45) is 5.73 Å². The number of rotatable bonds is 5. The summed E-state index contributed by atoms with van der Waals surface area (Å²) in [6.07, 6.45) is 1.48. The Morgan fingerprint density at radius 1 is 1.61 bits per heavy atom. The summed E-state index contributed by atoms with van der Waals surface area (Å²) in [4.78, 5) is 12.1. The van der Waals surface area contributed by atoms with Crippen LogP contribution in [-0.2, 0) is 0 Å². The van der Waals surface area contributed by atoms with Gasteiger partial charge in [-0.15, -0.1) is 0 Å². The van der Waals surface area contributed by atoms with E-state index in [0.29, 0.717) is 6.42 Å². The second-order valence-corrected chi connectivity index (χ2v) is 4.72. The first-order valence-electron chi connectivity index (χ1n) is 5.51. The summed E-state index contributed by atoms with van der Waals surface area (Å²) in [6.45, 7) is 1.96. The van der Waals surface area contributed by atoms with Crippen LogP contribution >= 0.6 is 23.8 Å². The van der Waals surface area contributed by atoms with Gasteiger partial charge in [0.15, 0.2) is 0 Å². The SMILES string of the molecule is CCCC(NC(=O)c1ccc(Cl)c(F)c1)C(N)=S. The topological polar surface area (TPSA) is 55.1 Å². The Kier molecular flexibility index (Phi) is 5.50. The third-order valence-electron chi connectivity index (χ3n) is 2.41. The molecule has 98 valence electrons. The number of benzene rings is 1. The zero-order valence-electron chi connectivity index (χ0n) is 9.87. The van der Waals surface area contributed by atoms with Crippen LogP contribution in [0.2, 0.25) is 5.02 Å². The van der Waals surface area contributed by atoms with Crippen molar-refractivity contribution in [3.63, 3.8) is 0 Å². The average molecular weight is 289 g/mol. The van der Waals surface area contributed by atoms with Gasteiger partial charge in [0.05, 0.1) is 16.1 Å². The van der Waals surface area contributed by atoms with Crippen LogP contribution < -0.4 is 11.1 Å². The van der Waals surface area contributed by atoms with E-state index < -0.39 is 11.7 Å². The molecule has 6 heteroatoms. The van der Waals surface area contributed by atoms with Gasteiger partial charge in [-0.1, -0.05) is 37.2 Å². The van der Waals surface area contributed by atoms with Crippen LogP contribution in [0.15, 0.2) is 18.2 Å². The lowest BCUT2D eigenvalue weighted by molar-refractivity contribution is 0.0945. The molecule has 0 saturated heterocycles. The lowest BCUT2D eigenvalue weighted by atomic mass is 10.1. The second kappa shape index (κ2) is 6.66. The molecule has 0 aliphatic rings. The van der Waals surface area contributed by atoms with Crippen molar-refractivity contribution in [2.75, 3.05) is 0 Å². The van der Waals surface area contributed by atoms with Crippen LogP contribution in [0.25, 0.3) is 0 Å². The monoisotopic (exact) mass is 288 g/mol. The molecule has 1 aromatic carbocycles. The molecule has 0 aliphatic carbocycles. The Bertz CT molecular complexity index is 467. The molecule has 1 unspecified atom stereocenters. The summed E-state index contributed by atoms with van der Waals surface area (Å²) in [6, 6.07) is 3.49. The number of halogens is 2. The average Bonchev–Trinajstić information content (AvgIpc) is 2.31. The standard InChI is InChI=1S/C12H14ClFN2OS/c1-2-3-10(11(15)18)16-12(17)7-4-5-8(13)9(14)6-7/h4-6,10H,2-3H2,1H3,(H2,15,18)(H,16,17). The minimum Gasteiger partial charge on any atom is -0.392 e. The van der Waals surface area contributed by atoms with Gasteiger partial charge in [0, 0.05) is 5.56 Å². The Labute approximate surface area is 115 Å². The van der Waals surface area contributed by atoms with Crippen LogP contribution in [-0.4, -0.2) is 16.9 Å². The van der Waals surface area contributed by atoms with Gasteiger partial charge in [0.2, 0.25) is 0 Å². The lowest BCUT2D eigenvalue weighted by Crippen LogP contribution is -2.43. The van der Waals surface area contributed by atoms with E-state index in [-0.39, 0.29) is 21.6 Å². The van der Waals surface area contributed by atoms with E-state index >= 15 is 0 Å². The Morgan fingerprint density at radius 2 is 2.28 bits per heavy atom. The summed E-state index contributed by atoms with van der Waals surface area (Å²) in [5.41, 5.74) is 5.71. The van der Waals surface area contributed by atoms with Crippen LogP contribution in [0.5, 0.6) is 0 Å². The molecule has 1 rings (SSSR count). The van der Waals surface area contributed by atoms with Gasteiger partial charge in [0.1, 0.15) is 5.82 Å². The van der Waals surface area contributed by atoms with E-state index in [0.717, 1.165) is 12.5 Å². The highest BCUT2D eigenvalue weighted by Gasteiger charge is 2.16. The molecule has 0 aromatic heterocycles. The molecular weight excluding hydrogens is 275 g/mol. The number of carbonyl (C=O) groups excluding carboxylic acids is 1. The minimum atomic E-state index is -0.633. The highest BCUT2D eigenvalue weighted by atomic mass is 35.5. The Balaban J connectivity index is 2.80. The zero-order chi connectivity index (χ0) is 13.7. The van der Waals surface area contributed by atoms with Crippen LogP contribution in [0, 0.1) is 5.82 Å². The molecule has 1 aromatic rings. The quantitative estimate of drug-likeness (QED) is 0.819. The predicted molar refractivity (Wildman–Crippen MR) is 74.4 cm³/mol. The van der Waals surface area contributed by atoms with Crippen molar-refractivity contribution in [1.29, 1.82) is 0 Å². The molecule has 3 N–H and O–H groups in total. The first kappa shape index (κ1) is 14.9. The highest BCUT2D eigenvalue weighted by Crippen LogP contribution is 2.15. The third kappa shape index (κ3) is 3.92. The van der Waals surface area contributed by atoms with E-state index in [1.165, 1.54) is 12.1 Å². The molecule has 0 saturated carbocycles. The molecule has 0 radical (unpaired) electrons. The van der Waals surface area contributed by atoms with Crippen LogP contribution in [0.4, 0.5) is 4.39 Å². The molecule has 18 heavy (non-hydrogen) atoms. The van der Waals surface area contributed by atoms with Gasteiger partial charge in [-0.2, -0.15) is 0 Å². The van der Waals surface area contributed by atoms with E-state index in [9.17, 15) is 9.18 Å². The summed E-state index contributed by atoms with van der Waals surface area (Å²) in [5.74, 6) is -1.05. The van der Waals surface area contributed by atoms with Gasteiger partial charge in [-0.25, -0.2) is 4.39 Å². The highest BCUT2D eigenvalue weighted by molar-refractivity contribution is 7.80. The minimum absolute atomic E-state index is 0.0222. The largest absolute Gasteiger partial charge is 0.392 e. The number of hydrogen-bond acceptors (Lipinski definition) is 2. The van der Waals surface area contributed by atoms with Crippen LogP contribution in [0.3, 0.4) is 0 Å². The summed E-state index contributed by atoms with van der Waals surface area (Å²) >= 11 is 10.4. The Hall–Kier alpha value is -1.20. The molecule has 1 amide bonds. The number of nitrogens with two attached hydrogens (primary N) is 1. The molecule has 0 heterocycles. The molecule has 3 nitrogen and oxygen atoms in total. The molecule has 1 atom stereocenters. The van der Waals surface area contributed by atoms with Crippen molar-refractivity contribution < 1.29 is 9.18 Å². The number of thiocarbonyl (C=S) groups is 1. The summed E-state index contributed by atoms with van der Waals surface area (Å²) in [5, 5.41) is 2.64. The van der Waals surface area contributed by atoms with Crippen molar-refractivity contribution in [3.05, 3.63) is 34.6 Å². The Morgan fingerprint density at radius 3 is 2.78 bits per heavy atom. The maximum Gasteiger partial charge on any atom is 0.251 e. The van der Waals surface area contributed by atoms with E-state index in [1.807, 2.05) is 6.92 Å². The fourth-order valence-corrected chi connectivity index (χ4v) is 1.75. The second-order valence-electron chi connectivity index (χ2n) is 3.85. The number of amides is 1.